The number of nitrogens with one attached hydrogen (secondary N) is 1. The number of nitrogens with two attached hydrogens (primary N) is 1. The summed E-state index contributed by atoms with van der Waals surface area (Å²) in [5.74, 6) is 0.465. The van der Waals surface area contributed by atoms with Crippen molar-refractivity contribution >= 4 is 27.3 Å². The molecule has 2 unspecified atom stereocenters. The van der Waals surface area contributed by atoms with Gasteiger partial charge in [-0.1, -0.05) is 6.42 Å². The van der Waals surface area contributed by atoms with Crippen LogP contribution < -0.4 is 11.1 Å². The summed E-state index contributed by atoms with van der Waals surface area (Å²) in [5, 5.41) is 14.2. The van der Waals surface area contributed by atoms with E-state index in [0.29, 0.717) is 23.0 Å². The molecule has 1 aromatic carbocycles. The molecule has 2 rings (SSSR count). The zero-order valence-electron chi connectivity index (χ0n) is 9.93. The first-order valence-electron chi connectivity index (χ1n) is 6.02. The molecule has 0 spiro atoms. The number of anilines is 1. The third kappa shape index (κ3) is 2.81. The molecule has 6 heteroatoms. The van der Waals surface area contributed by atoms with E-state index in [-0.39, 0.29) is 10.6 Å². The van der Waals surface area contributed by atoms with Gasteiger partial charge in [-0.25, -0.2) is 0 Å². The molecule has 18 heavy (non-hydrogen) atoms. The van der Waals surface area contributed by atoms with Crippen molar-refractivity contribution in [1.29, 1.82) is 0 Å². The van der Waals surface area contributed by atoms with Crippen LogP contribution >= 0.6 is 15.9 Å². The van der Waals surface area contributed by atoms with Gasteiger partial charge >= 0.3 is 0 Å². The lowest BCUT2D eigenvalue weighted by atomic mass is 10.0. The Morgan fingerprint density at radius 3 is 2.94 bits per heavy atom. The van der Waals surface area contributed by atoms with Crippen LogP contribution in [-0.4, -0.2) is 17.5 Å². The van der Waals surface area contributed by atoms with E-state index in [0.717, 1.165) is 24.9 Å². The molecule has 0 radical (unpaired) electrons. The smallest absolute Gasteiger partial charge is 0.285 e. The summed E-state index contributed by atoms with van der Waals surface area (Å²) < 4.78 is 0.500. The Hall–Kier alpha value is -1.14. The van der Waals surface area contributed by atoms with Gasteiger partial charge in [0.05, 0.1) is 9.40 Å². The highest BCUT2D eigenvalue weighted by Gasteiger charge is 2.26. The second-order valence-electron chi connectivity index (χ2n) is 4.60. The molecule has 0 amide bonds. The van der Waals surface area contributed by atoms with Crippen LogP contribution in [0, 0.1) is 16.0 Å². The number of benzene rings is 1. The van der Waals surface area contributed by atoms with Crippen molar-refractivity contribution in [3.63, 3.8) is 0 Å². The molecule has 0 heterocycles. The molecule has 1 fully saturated rings. The Kier molecular flexibility index (Phi) is 4.19. The van der Waals surface area contributed by atoms with Gasteiger partial charge in [0.1, 0.15) is 0 Å². The molecular weight excluding hydrogens is 298 g/mol. The summed E-state index contributed by atoms with van der Waals surface area (Å²) in [7, 11) is 0. The summed E-state index contributed by atoms with van der Waals surface area (Å²) in [6.07, 6.45) is 3.37. The van der Waals surface area contributed by atoms with Crippen LogP contribution in [0.15, 0.2) is 22.7 Å². The monoisotopic (exact) mass is 313 g/mol. The predicted molar refractivity (Wildman–Crippen MR) is 74.6 cm³/mol. The highest BCUT2D eigenvalue weighted by atomic mass is 79.9. The molecule has 0 saturated heterocycles. The standard InChI is InChI=1S/C12H16BrN3O2/c13-10-5-4-9(6-12(10)16(17)18)15-11-3-1-2-8(11)7-14/h4-6,8,11,15H,1-3,7,14H2. The normalized spacial score (nSPS) is 23.0. The van der Waals surface area contributed by atoms with Gasteiger partial charge in [0, 0.05) is 17.8 Å². The van der Waals surface area contributed by atoms with Gasteiger partial charge in [-0.3, -0.25) is 10.1 Å². The van der Waals surface area contributed by atoms with E-state index in [9.17, 15) is 10.1 Å². The summed E-state index contributed by atoms with van der Waals surface area (Å²) >= 11 is 3.18. The van der Waals surface area contributed by atoms with Crippen molar-refractivity contribution in [2.24, 2.45) is 11.7 Å². The molecular formula is C12H16BrN3O2. The largest absolute Gasteiger partial charge is 0.382 e. The molecule has 5 nitrogen and oxygen atoms in total. The number of hydrogen-bond donors (Lipinski definition) is 2. The molecule has 1 aliphatic carbocycles. The van der Waals surface area contributed by atoms with Crippen LogP contribution in [-0.2, 0) is 0 Å². The van der Waals surface area contributed by atoms with Gasteiger partial charge in [0.15, 0.2) is 0 Å². The number of rotatable bonds is 4. The zero-order valence-corrected chi connectivity index (χ0v) is 11.5. The Labute approximate surface area is 114 Å². The van der Waals surface area contributed by atoms with Gasteiger partial charge in [0.25, 0.3) is 5.69 Å². The maximum atomic E-state index is 10.9. The fourth-order valence-corrected chi connectivity index (χ4v) is 2.86. The minimum absolute atomic E-state index is 0.0855. The van der Waals surface area contributed by atoms with Crippen molar-refractivity contribution < 1.29 is 4.92 Å². The van der Waals surface area contributed by atoms with Gasteiger partial charge in [-0.05, 0) is 53.4 Å². The van der Waals surface area contributed by atoms with Crippen LogP contribution in [0.1, 0.15) is 19.3 Å². The molecule has 98 valence electrons. The number of nitro groups is 1. The Bertz CT molecular complexity index is 453. The van der Waals surface area contributed by atoms with Crippen molar-refractivity contribution in [2.45, 2.75) is 25.3 Å². The first kappa shape index (κ1) is 13.3. The lowest BCUT2D eigenvalue weighted by molar-refractivity contribution is -0.385. The minimum Gasteiger partial charge on any atom is -0.382 e. The van der Waals surface area contributed by atoms with Crippen LogP contribution in [0.5, 0.6) is 0 Å². The van der Waals surface area contributed by atoms with E-state index in [1.54, 1.807) is 12.1 Å². The van der Waals surface area contributed by atoms with E-state index in [2.05, 4.69) is 21.2 Å². The first-order chi connectivity index (χ1) is 8.61. The zero-order chi connectivity index (χ0) is 13.1. The number of halogens is 1. The fraction of sp³-hybridized carbons (Fsp3) is 0.500. The van der Waals surface area contributed by atoms with Gasteiger partial charge in [-0.15, -0.1) is 0 Å². The minimum atomic E-state index is -0.385. The van der Waals surface area contributed by atoms with Gasteiger partial charge in [0.2, 0.25) is 0 Å². The van der Waals surface area contributed by atoms with Crippen LogP contribution in [0.25, 0.3) is 0 Å². The number of nitro benzene ring substituents is 1. The second-order valence-corrected chi connectivity index (χ2v) is 5.46. The molecule has 1 aromatic rings. The van der Waals surface area contributed by atoms with E-state index in [1.807, 2.05) is 6.07 Å². The summed E-state index contributed by atoms with van der Waals surface area (Å²) in [6.45, 7) is 0.663. The first-order valence-corrected chi connectivity index (χ1v) is 6.81. The summed E-state index contributed by atoms with van der Waals surface area (Å²) in [4.78, 5) is 10.5. The second kappa shape index (κ2) is 5.67. The molecule has 1 saturated carbocycles. The van der Waals surface area contributed by atoms with Crippen LogP contribution in [0.2, 0.25) is 0 Å². The van der Waals surface area contributed by atoms with E-state index < -0.39 is 0 Å². The third-order valence-electron chi connectivity index (χ3n) is 3.46. The van der Waals surface area contributed by atoms with Crippen LogP contribution in [0.3, 0.4) is 0 Å². The lowest BCUT2D eigenvalue weighted by Crippen LogP contribution is -2.29. The Morgan fingerprint density at radius 2 is 2.28 bits per heavy atom. The van der Waals surface area contributed by atoms with Crippen molar-refractivity contribution in [3.8, 4) is 0 Å². The van der Waals surface area contributed by atoms with Crippen molar-refractivity contribution in [1.82, 2.24) is 0 Å². The van der Waals surface area contributed by atoms with E-state index >= 15 is 0 Å². The molecule has 3 N–H and O–H groups in total. The Balaban J connectivity index is 2.14. The van der Waals surface area contributed by atoms with Gasteiger partial charge < -0.3 is 11.1 Å². The molecule has 1 aliphatic rings. The fourth-order valence-electron chi connectivity index (χ4n) is 2.47. The molecule has 0 aromatic heterocycles. The average molecular weight is 314 g/mol. The third-order valence-corrected chi connectivity index (χ3v) is 4.13. The SMILES string of the molecule is NCC1CCCC1Nc1ccc(Br)c([N+](=O)[O-])c1. The predicted octanol–water partition coefficient (Wildman–Crippen LogP) is 2.90. The Morgan fingerprint density at radius 1 is 1.50 bits per heavy atom. The summed E-state index contributed by atoms with van der Waals surface area (Å²) in [5.41, 5.74) is 6.60. The van der Waals surface area contributed by atoms with E-state index in [4.69, 9.17) is 5.73 Å². The van der Waals surface area contributed by atoms with Crippen molar-refractivity contribution in [2.75, 3.05) is 11.9 Å². The van der Waals surface area contributed by atoms with Crippen LogP contribution in [0.4, 0.5) is 11.4 Å². The topological polar surface area (TPSA) is 81.2 Å². The highest BCUT2D eigenvalue weighted by Crippen LogP contribution is 2.31. The molecule has 0 aliphatic heterocycles. The maximum absolute atomic E-state index is 10.9. The average Bonchev–Trinajstić information content (AvgIpc) is 2.78. The number of nitrogens with zero attached hydrogens (tertiary/aromatic N) is 1. The summed E-state index contributed by atoms with van der Waals surface area (Å²) in [6, 6.07) is 5.45. The number of hydrogen-bond acceptors (Lipinski definition) is 4. The highest BCUT2D eigenvalue weighted by molar-refractivity contribution is 9.10. The maximum Gasteiger partial charge on any atom is 0.285 e. The van der Waals surface area contributed by atoms with Gasteiger partial charge in [-0.2, -0.15) is 0 Å². The van der Waals surface area contributed by atoms with Crippen molar-refractivity contribution in [3.05, 3.63) is 32.8 Å². The molecule has 2 atom stereocenters. The lowest BCUT2D eigenvalue weighted by Gasteiger charge is -2.20. The van der Waals surface area contributed by atoms with E-state index in [1.165, 1.54) is 0 Å². The molecule has 0 bridgehead atoms. The quantitative estimate of drug-likeness (QED) is 0.661.